The summed E-state index contributed by atoms with van der Waals surface area (Å²) in [7, 11) is 0.186. The standard InChI is InChI=1S/C14H30N2O2Si/c1-13(2)10-12(11-14(3,4)16(13)17)15-8-7-9-19(15,6)18-5/h12,17H,7-11H2,1-6H3. The molecule has 0 bridgehead atoms. The van der Waals surface area contributed by atoms with Gasteiger partial charge in [-0.15, -0.1) is 0 Å². The fourth-order valence-corrected chi connectivity index (χ4v) is 7.31. The van der Waals surface area contributed by atoms with Crippen LogP contribution in [0.2, 0.25) is 12.6 Å². The summed E-state index contributed by atoms with van der Waals surface area (Å²) in [6.45, 7) is 12.1. The maximum atomic E-state index is 10.4. The molecular weight excluding hydrogens is 256 g/mol. The topological polar surface area (TPSA) is 35.9 Å². The normalized spacial score (nSPS) is 36.8. The van der Waals surface area contributed by atoms with Crippen molar-refractivity contribution in [3.63, 3.8) is 0 Å². The number of rotatable bonds is 2. The van der Waals surface area contributed by atoms with Gasteiger partial charge in [0.1, 0.15) is 0 Å². The molecule has 2 rings (SSSR count). The van der Waals surface area contributed by atoms with E-state index in [1.165, 1.54) is 19.0 Å². The van der Waals surface area contributed by atoms with E-state index >= 15 is 0 Å². The summed E-state index contributed by atoms with van der Waals surface area (Å²) < 4.78 is 8.57. The number of hydrogen-bond acceptors (Lipinski definition) is 4. The maximum absolute atomic E-state index is 10.4. The maximum Gasteiger partial charge on any atom is 0.268 e. The molecular formula is C14H30N2O2Si. The van der Waals surface area contributed by atoms with Gasteiger partial charge in [-0.25, -0.2) is 0 Å². The molecule has 2 heterocycles. The summed E-state index contributed by atoms with van der Waals surface area (Å²) in [4.78, 5) is 0. The Labute approximate surface area is 118 Å². The second-order valence-electron chi connectivity index (χ2n) is 7.67. The van der Waals surface area contributed by atoms with Gasteiger partial charge in [0.2, 0.25) is 0 Å². The van der Waals surface area contributed by atoms with Crippen molar-refractivity contribution >= 4 is 8.48 Å². The zero-order valence-corrected chi connectivity index (χ0v) is 14.4. The smallest absolute Gasteiger partial charge is 0.268 e. The summed E-state index contributed by atoms with van der Waals surface area (Å²) in [5.41, 5.74) is -0.337. The monoisotopic (exact) mass is 286 g/mol. The van der Waals surface area contributed by atoms with Crippen LogP contribution < -0.4 is 0 Å². The second kappa shape index (κ2) is 4.81. The molecule has 0 aromatic heterocycles. The Morgan fingerprint density at radius 2 is 1.68 bits per heavy atom. The lowest BCUT2D eigenvalue weighted by Gasteiger charge is -2.54. The van der Waals surface area contributed by atoms with E-state index in [0.717, 1.165) is 12.8 Å². The molecule has 1 atom stereocenters. The Morgan fingerprint density at radius 3 is 2.16 bits per heavy atom. The van der Waals surface area contributed by atoms with Crippen molar-refractivity contribution in [2.75, 3.05) is 13.7 Å². The SMILES string of the molecule is CO[Si]1(C)CCCN1C1CC(C)(C)N(O)C(C)(C)C1. The molecule has 2 aliphatic rings. The van der Waals surface area contributed by atoms with Gasteiger partial charge in [-0.1, -0.05) is 0 Å². The fraction of sp³-hybridized carbons (Fsp3) is 1.00. The Balaban J connectivity index is 2.22. The minimum atomic E-state index is -1.69. The number of nitrogens with zero attached hydrogens (tertiary/aromatic N) is 2. The van der Waals surface area contributed by atoms with E-state index in [0.29, 0.717) is 6.04 Å². The minimum absolute atomic E-state index is 0.169. The first-order valence-corrected chi connectivity index (χ1v) is 10.00. The van der Waals surface area contributed by atoms with Crippen molar-refractivity contribution in [3.05, 3.63) is 0 Å². The first kappa shape index (κ1) is 15.4. The molecule has 112 valence electrons. The predicted molar refractivity (Wildman–Crippen MR) is 79.6 cm³/mol. The largest absolute Gasteiger partial charge is 0.406 e. The molecule has 5 heteroatoms. The van der Waals surface area contributed by atoms with E-state index in [1.807, 2.05) is 7.11 Å². The highest BCUT2D eigenvalue weighted by Gasteiger charge is 2.51. The van der Waals surface area contributed by atoms with E-state index in [-0.39, 0.29) is 11.1 Å². The minimum Gasteiger partial charge on any atom is -0.406 e. The van der Waals surface area contributed by atoms with Crippen LogP contribution in [-0.4, -0.2) is 54.1 Å². The highest BCUT2D eigenvalue weighted by atomic mass is 28.4. The van der Waals surface area contributed by atoms with Gasteiger partial charge in [-0.05, 0) is 66.1 Å². The van der Waals surface area contributed by atoms with Crippen LogP contribution in [-0.2, 0) is 4.43 Å². The first-order valence-electron chi connectivity index (χ1n) is 7.43. The van der Waals surface area contributed by atoms with Crippen molar-refractivity contribution in [3.8, 4) is 0 Å². The predicted octanol–water partition coefficient (Wildman–Crippen LogP) is 2.82. The Morgan fingerprint density at radius 1 is 1.16 bits per heavy atom. The number of hydroxylamine groups is 2. The number of hydrogen-bond donors (Lipinski definition) is 1. The molecule has 0 amide bonds. The van der Waals surface area contributed by atoms with Crippen LogP contribution in [0, 0.1) is 0 Å². The average molecular weight is 286 g/mol. The highest BCUT2D eigenvalue weighted by molar-refractivity contribution is 6.70. The average Bonchev–Trinajstić information content (AvgIpc) is 2.68. The molecule has 1 N–H and O–H groups in total. The molecule has 2 aliphatic heterocycles. The van der Waals surface area contributed by atoms with Gasteiger partial charge in [0.05, 0.1) is 0 Å². The number of piperidine rings is 1. The second-order valence-corrected chi connectivity index (χ2v) is 11.5. The van der Waals surface area contributed by atoms with Crippen LogP contribution in [0.25, 0.3) is 0 Å². The third-order valence-electron chi connectivity index (χ3n) is 5.14. The van der Waals surface area contributed by atoms with Crippen molar-refractivity contribution < 1.29 is 9.63 Å². The highest BCUT2D eigenvalue weighted by Crippen LogP contribution is 2.42. The lowest BCUT2D eigenvalue weighted by molar-refractivity contribution is -0.249. The van der Waals surface area contributed by atoms with Crippen molar-refractivity contribution in [2.45, 2.75) is 76.7 Å². The van der Waals surface area contributed by atoms with Crippen molar-refractivity contribution in [1.82, 2.24) is 9.63 Å². The van der Waals surface area contributed by atoms with E-state index in [1.54, 1.807) is 5.06 Å². The molecule has 0 saturated carbocycles. The van der Waals surface area contributed by atoms with Gasteiger partial charge in [-0.2, -0.15) is 5.06 Å². The van der Waals surface area contributed by atoms with E-state index < -0.39 is 8.48 Å². The summed E-state index contributed by atoms with van der Waals surface area (Å²) in [6, 6.07) is 1.77. The Hall–Kier alpha value is 0.0569. The van der Waals surface area contributed by atoms with Gasteiger partial charge in [0.25, 0.3) is 8.48 Å². The zero-order valence-electron chi connectivity index (χ0n) is 13.4. The molecule has 19 heavy (non-hydrogen) atoms. The first-order chi connectivity index (χ1) is 8.62. The van der Waals surface area contributed by atoms with Gasteiger partial charge in [-0.3, -0.25) is 4.57 Å². The molecule has 0 aromatic rings. The molecule has 0 radical (unpaired) electrons. The van der Waals surface area contributed by atoms with E-state index in [2.05, 4.69) is 38.8 Å². The molecule has 4 nitrogen and oxygen atoms in total. The lowest BCUT2D eigenvalue weighted by atomic mass is 9.79. The molecule has 0 aliphatic carbocycles. The Bertz CT molecular complexity index is 330. The van der Waals surface area contributed by atoms with Crippen LogP contribution in [0.15, 0.2) is 0 Å². The van der Waals surface area contributed by atoms with Crippen LogP contribution in [0.4, 0.5) is 0 Å². The van der Waals surface area contributed by atoms with Gasteiger partial charge < -0.3 is 9.63 Å². The van der Waals surface area contributed by atoms with Crippen LogP contribution in [0.3, 0.4) is 0 Å². The molecule has 0 spiro atoms. The van der Waals surface area contributed by atoms with Crippen LogP contribution in [0.1, 0.15) is 47.0 Å². The summed E-state index contributed by atoms with van der Waals surface area (Å²) in [5, 5.41) is 12.0. The molecule has 0 aromatic carbocycles. The van der Waals surface area contributed by atoms with Crippen LogP contribution in [0.5, 0.6) is 0 Å². The third-order valence-corrected chi connectivity index (χ3v) is 9.11. The van der Waals surface area contributed by atoms with Gasteiger partial charge in [0, 0.05) is 24.2 Å². The van der Waals surface area contributed by atoms with Gasteiger partial charge in [0.15, 0.2) is 0 Å². The summed E-state index contributed by atoms with van der Waals surface area (Å²) in [5.74, 6) is 0. The third kappa shape index (κ3) is 2.63. The van der Waals surface area contributed by atoms with E-state index in [4.69, 9.17) is 4.43 Å². The summed E-state index contributed by atoms with van der Waals surface area (Å²) >= 11 is 0. The van der Waals surface area contributed by atoms with Crippen molar-refractivity contribution in [2.24, 2.45) is 0 Å². The fourth-order valence-electron chi connectivity index (χ4n) is 4.18. The van der Waals surface area contributed by atoms with E-state index in [9.17, 15) is 5.21 Å². The Kier molecular flexibility index (Phi) is 3.91. The zero-order chi connectivity index (χ0) is 14.5. The summed E-state index contributed by atoms with van der Waals surface area (Å²) in [6.07, 6.45) is 3.29. The molecule has 2 fully saturated rings. The lowest BCUT2D eigenvalue weighted by Crippen LogP contribution is -2.65. The van der Waals surface area contributed by atoms with Gasteiger partial charge >= 0.3 is 0 Å². The quantitative estimate of drug-likeness (QED) is 0.792. The van der Waals surface area contributed by atoms with Crippen LogP contribution >= 0.6 is 0 Å². The molecule has 1 unspecified atom stereocenters. The van der Waals surface area contributed by atoms with Crippen molar-refractivity contribution in [1.29, 1.82) is 0 Å². The molecule has 2 saturated heterocycles.